The summed E-state index contributed by atoms with van der Waals surface area (Å²) in [4.78, 5) is 2.62. The smallest absolute Gasteiger partial charge is 0.0612 e. The second kappa shape index (κ2) is 16.4. The lowest BCUT2D eigenvalue weighted by Crippen LogP contribution is -2.23. The summed E-state index contributed by atoms with van der Waals surface area (Å²) in [7, 11) is 0. The van der Waals surface area contributed by atoms with Crippen LogP contribution in [0.15, 0.2) is 218 Å². The third-order valence-corrected chi connectivity index (χ3v) is 13.8. The minimum atomic E-state index is 0.201. The van der Waals surface area contributed by atoms with Gasteiger partial charge in [-0.3, -0.25) is 0 Å². The zero-order chi connectivity index (χ0) is 40.5. The van der Waals surface area contributed by atoms with E-state index in [2.05, 4.69) is 223 Å². The van der Waals surface area contributed by atoms with E-state index in [1.807, 2.05) is 0 Å². The minimum absolute atomic E-state index is 0.201. The summed E-state index contributed by atoms with van der Waals surface area (Å²) in [6, 6.07) is 50.0. The normalized spacial score (nSPS) is 20.9. The first-order valence-electron chi connectivity index (χ1n) is 22.4. The molecule has 11 rings (SSSR count). The molecule has 4 atom stereocenters. The van der Waals surface area contributed by atoms with E-state index < -0.39 is 0 Å². The molecule has 0 radical (unpaired) electrons. The quantitative estimate of drug-likeness (QED) is 0.141. The van der Waals surface area contributed by atoms with E-state index >= 15 is 0 Å². The van der Waals surface area contributed by atoms with Crippen LogP contribution in [0.4, 0.5) is 11.4 Å². The van der Waals surface area contributed by atoms with Gasteiger partial charge in [0, 0.05) is 51.9 Å². The van der Waals surface area contributed by atoms with Crippen LogP contribution in [-0.2, 0) is 19.3 Å². The van der Waals surface area contributed by atoms with E-state index in [0.29, 0.717) is 17.8 Å². The molecular weight excluding hydrogens is 735 g/mol. The van der Waals surface area contributed by atoms with Crippen LogP contribution in [0.1, 0.15) is 69.2 Å². The summed E-state index contributed by atoms with van der Waals surface area (Å²) in [5, 5.41) is 2.70. The third kappa shape index (κ3) is 7.23. The van der Waals surface area contributed by atoms with E-state index in [1.54, 1.807) is 0 Å². The van der Waals surface area contributed by atoms with Gasteiger partial charge in [-0.25, -0.2) is 0 Å². The first kappa shape index (κ1) is 37.3. The fourth-order valence-corrected chi connectivity index (χ4v) is 10.7. The molecule has 61 heavy (non-hydrogen) atoms. The Morgan fingerprint density at radius 2 is 1.31 bits per heavy atom. The lowest BCUT2D eigenvalue weighted by Gasteiger charge is -2.36. The Bertz CT molecular complexity index is 2800. The summed E-state index contributed by atoms with van der Waals surface area (Å²) in [5.74, 6) is 1.64. The number of anilines is 2. The molecule has 1 heteroatoms. The van der Waals surface area contributed by atoms with Gasteiger partial charge in [-0.1, -0.05) is 194 Å². The zero-order valence-electron chi connectivity index (χ0n) is 34.7. The fourth-order valence-electron chi connectivity index (χ4n) is 10.7. The van der Waals surface area contributed by atoms with Gasteiger partial charge in [0.05, 0.1) is 5.69 Å². The predicted molar refractivity (Wildman–Crippen MR) is 258 cm³/mol. The van der Waals surface area contributed by atoms with Crippen molar-refractivity contribution in [3.05, 3.63) is 262 Å². The van der Waals surface area contributed by atoms with Crippen molar-refractivity contribution < 1.29 is 0 Å². The lowest BCUT2D eigenvalue weighted by atomic mass is 9.73. The average Bonchev–Trinajstić information content (AvgIpc) is 3.34. The van der Waals surface area contributed by atoms with Gasteiger partial charge in [0.1, 0.15) is 0 Å². The highest BCUT2D eigenvalue weighted by molar-refractivity contribution is 6.05. The Hall–Kier alpha value is -6.70. The van der Waals surface area contributed by atoms with Gasteiger partial charge in [-0.2, -0.15) is 0 Å². The van der Waals surface area contributed by atoms with E-state index in [4.69, 9.17) is 0 Å². The Morgan fingerprint density at radius 3 is 2.08 bits per heavy atom. The molecule has 6 aromatic rings. The van der Waals surface area contributed by atoms with Crippen LogP contribution >= 0.6 is 0 Å². The van der Waals surface area contributed by atoms with Crippen molar-refractivity contribution in [2.75, 3.05) is 4.90 Å². The molecule has 0 saturated heterocycles. The summed E-state index contributed by atoms with van der Waals surface area (Å²) >= 11 is 0. The Morgan fingerprint density at radius 1 is 0.590 bits per heavy atom. The van der Waals surface area contributed by atoms with Crippen molar-refractivity contribution in [2.24, 2.45) is 17.8 Å². The van der Waals surface area contributed by atoms with E-state index in [1.165, 1.54) is 77.9 Å². The Labute approximate surface area is 361 Å². The van der Waals surface area contributed by atoms with Crippen LogP contribution in [0.25, 0.3) is 22.9 Å². The number of nitrogens with zero attached hydrogens (tertiary/aromatic N) is 1. The second-order valence-corrected chi connectivity index (χ2v) is 17.4. The molecule has 0 amide bonds. The van der Waals surface area contributed by atoms with Gasteiger partial charge in [0.2, 0.25) is 0 Å². The maximum absolute atomic E-state index is 2.62. The highest BCUT2D eigenvalue weighted by atomic mass is 15.2. The van der Waals surface area contributed by atoms with Crippen LogP contribution in [0, 0.1) is 17.8 Å². The summed E-state index contributed by atoms with van der Waals surface area (Å²) < 4.78 is 0. The van der Waals surface area contributed by atoms with Crippen molar-refractivity contribution in [3.8, 4) is 0 Å². The number of fused-ring (bicyclic) bond motifs is 4. The number of allylic oxidation sites excluding steroid dienone is 14. The summed E-state index contributed by atoms with van der Waals surface area (Å²) in [6.45, 7) is 0. The number of hydrogen-bond donors (Lipinski definition) is 0. The molecule has 5 aliphatic carbocycles. The molecule has 0 fully saturated rings. The monoisotopic (exact) mass is 785 g/mol. The van der Waals surface area contributed by atoms with Crippen molar-refractivity contribution in [3.63, 3.8) is 0 Å². The zero-order valence-corrected chi connectivity index (χ0v) is 34.7. The molecule has 0 aromatic heterocycles. The molecule has 0 saturated carbocycles. The highest BCUT2D eigenvalue weighted by Gasteiger charge is 2.32. The van der Waals surface area contributed by atoms with E-state index in [9.17, 15) is 0 Å². The molecule has 0 aliphatic heterocycles. The van der Waals surface area contributed by atoms with Crippen LogP contribution in [0.3, 0.4) is 0 Å². The highest BCUT2D eigenvalue weighted by Crippen LogP contribution is 2.49. The molecule has 0 heterocycles. The van der Waals surface area contributed by atoms with Gasteiger partial charge < -0.3 is 4.90 Å². The Balaban J connectivity index is 1.16. The van der Waals surface area contributed by atoms with Crippen molar-refractivity contribution in [1.82, 2.24) is 0 Å². The molecule has 0 spiro atoms. The Kier molecular flexibility index (Phi) is 10.0. The molecule has 0 N–H and O–H groups in total. The summed E-state index contributed by atoms with van der Waals surface area (Å²) in [6.07, 6.45) is 38.1. The van der Waals surface area contributed by atoms with E-state index in [0.717, 1.165) is 32.1 Å². The number of para-hydroxylation sites is 1. The van der Waals surface area contributed by atoms with Crippen molar-refractivity contribution in [1.29, 1.82) is 0 Å². The van der Waals surface area contributed by atoms with E-state index in [-0.39, 0.29) is 11.8 Å². The maximum Gasteiger partial charge on any atom is 0.0612 e. The van der Waals surface area contributed by atoms with Crippen LogP contribution in [0.2, 0.25) is 0 Å². The van der Waals surface area contributed by atoms with Crippen molar-refractivity contribution in [2.45, 2.75) is 43.9 Å². The largest absolute Gasteiger partial charge is 0.313 e. The SMILES string of the molecule is C1=CCCC(N(c2ccccc2)c2c3c(c(CC(c4ccccc4)c4ccccc4)c4ccc(C5C=Cc6ccccc6C5)cc24)CC(C2=CC4C=CC=CC4C=C2)C=C3)=C1. The first-order valence-corrected chi connectivity index (χ1v) is 22.4. The maximum atomic E-state index is 2.62. The number of hydrogen-bond acceptors (Lipinski definition) is 1. The first-order chi connectivity index (χ1) is 30.2. The number of rotatable bonds is 9. The topological polar surface area (TPSA) is 3.24 Å². The number of benzene rings is 6. The molecule has 6 aromatic carbocycles. The van der Waals surface area contributed by atoms with Crippen molar-refractivity contribution >= 4 is 34.3 Å². The summed E-state index contributed by atoms with van der Waals surface area (Å²) in [5.41, 5.74) is 16.4. The second-order valence-electron chi connectivity index (χ2n) is 17.4. The predicted octanol–water partition coefficient (Wildman–Crippen LogP) is 15.0. The fraction of sp³-hybridized carbons (Fsp3) is 0.167. The molecule has 5 aliphatic rings. The standard InChI is InChI=1S/C60H51N/c1-5-19-44(20-6-1)56(45-21-7-2-8-22-45)41-58-54-35-33-51(49-32-30-43-18-14-16-24-47(43)38-49)40-59(54)60(61(52-25-9-3-10-26-52)53-27-11-4-12-28-53)55-36-34-50(39-57(55)58)48-31-29-42-17-13-15-23-46(42)37-48/h1-11,13-27,29-37,40,42,46,49-50,56H,12,28,38-39,41H2. The van der Waals surface area contributed by atoms with Gasteiger partial charge in [-0.05, 0) is 106 Å². The van der Waals surface area contributed by atoms with Crippen LogP contribution in [0.5, 0.6) is 0 Å². The average molecular weight is 786 g/mol. The van der Waals surface area contributed by atoms with Gasteiger partial charge >= 0.3 is 0 Å². The molecular formula is C60H51N. The van der Waals surface area contributed by atoms with Gasteiger partial charge in [0.25, 0.3) is 0 Å². The third-order valence-electron chi connectivity index (χ3n) is 13.8. The molecule has 1 nitrogen and oxygen atoms in total. The van der Waals surface area contributed by atoms with Gasteiger partial charge in [-0.15, -0.1) is 0 Å². The van der Waals surface area contributed by atoms with Crippen LogP contribution < -0.4 is 4.90 Å². The molecule has 0 bridgehead atoms. The van der Waals surface area contributed by atoms with Gasteiger partial charge in [0.15, 0.2) is 0 Å². The molecule has 296 valence electrons. The lowest BCUT2D eigenvalue weighted by molar-refractivity contribution is 0.632. The molecule has 4 unspecified atom stereocenters. The van der Waals surface area contributed by atoms with Crippen LogP contribution in [-0.4, -0.2) is 0 Å². The minimum Gasteiger partial charge on any atom is -0.313 e.